The fraction of sp³-hybridized carbons (Fsp3) is 0.0886. The summed E-state index contributed by atoms with van der Waals surface area (Å²) in [6.07, 6.45) is 21.9. The summed E-state index contributed by atoms with van der Waals surface area (Å²) >= 11 is 1.87. The zero-order chi connectivity index (χ0) is 70.2. The van der Waals surface area contributed by atoms with Crippen LogP contribution < -0.4 is 22.8 Å². The van der Waals surface area contributed by atoms with E-state index >= 15 is 0 Å². The number of para-hydroxylation sites is 1. The molecule has 0 N–H and O–H groups in total. The van der Waals surface area contributed by atoms with Gasteiger partial charge in [0.15, 0.2) is 19.2 Å². The molecule has 0 saturated carbocycles. The number of aryl methyl sites for hydroxylation is 2. The molecule has 24 heteroatoms. The van der Waals surface area contributed by atoms with E-state index in [1.54, 1.807) is 47.9 Å². The molecule has 26 rings (SSSR count). The molecule has 15 aromatic heterocycles. The first-order chi connectivity index (χ1) is 52.1. The number of aromatic nitrogens is 22. The Balaban J connectivity index is 0.0000000830. The molecule has 0 bridgehead atoms. The van der Waals surface area contributed by atoms with Gasteiger partial charge < -0.3 is 8.82 Å². The van der Waals surface area contributed by atoms with Crippen molar-refractivity contribution in [3.63, 3.8) is 0 Å². The van der Waals surface area contributed by atoms with Crippen LogP contribution in [0.1, 0.15) is 31.9 Å². The van der Waals surface area contributed by atoms with E-state index in [1.165, 1.54) is 75.9 Å². The van der Waals surface area contributed by atoms with Crippen molar-refractivity contribution in [2.75, 3.05) is 0 Å². The number of thiazole rings is 1. The standard InChI is InChI=1S/C20H14N5.2C15H12N5.C15H10N3S.C14H9N4O/c1-2-7-15(8-3-1)25-19-16-9-5-4-6-14(16)12-23(19)18-20(25)24-13-21-11-10-17(24)22-18;2*1-18-14-11-5-3-2-4-10(11)8-19(14)13-15(18)20-9-16-7-6-12(20)17-13;1-2-4-11-10(3-1)8-18-13-9-17-6-5-16-7-12(17)14(13)19-15(11)18;1-2-4-10-9(3-1)7-17-12-14(19-13(10)17)18-8-15-6-5-11(18)16-12/h1-11,13H,12H2;2*2-7,9H,8H2,1H3;1-7,9H,8H2;1-6,8H,7H2/q5*+1/i;1D3;;;. The molecular formula is C79H57N22OS+5. The van der Waals surface area contributed by atoms with Crippen molar-refractivity contribution in [3.05, 3.63) is 279 Å². The summed E-state index contributed by atoms with van der Waals surface area (Å²) in [4.78, 5) is 39.8. The smallest absolute Gasteiger partial charge is 0.390 e. The minimum Gasteiger partial charge on any atom is -0.396 e. The van der Waals surface area contributed by atoms with Gasteiger partial charge in [0.1, 0.15) is 29.6 Å². The van der Waals surface area contributed by atoms with Gasteiger partial charge in [0, 0.05) is 89.3 Å². The predicted octanol–water partition coefficient (Wildman–Crippen LogP) is 10.7. The average molecular weight is 1370 g/mol. The number of rotatable bonds is 1. The molecule has 5 aliphatic rings. The van der Waals surface area contributed by atoms with Crippen LogP contribution in [-0.4, -0.2) is 80.6 Å². The van der Waals surface area contributed by atoms with Crippen molar-refractivity contribution in [1.29, 1.82) is 0 Å². The van der Waals surface area contributed by atoms with Gasteiger partial charge >= 0.3 is 17.0 Å². The fourth-order valence-electron chi connectivity index (χ4n) is 15.9. The molecule has 0 fully saturated rings. The molecule has 23 nitrogen and oxygen atoms in total. The van der Waals surface area contributed by atoms with Gasteiger partial charge in [0.05, 0.1) is 83.5 Å². The predicted molar refractivity (Wildman–Crippen MR) is 386 cm³/mol. The number of hydrogen-bond donors (Lipinski definition) is 0. The summed E-state index contributed by atoms with van der Waals surface area (Å²) in [5.74, 6) is 3.96. The lowest BCUT2D eigenvalue weighted by molar-refractivity contribution is -0.651. The summed E-state index contributed by atoms with van der Waals surface area (Å²) in [5.41, 5.74) is 26.6. The van der Waals surface area contributed by atoms with E-state index in [4.69, 9.17) is 18.5 Å². The van der Waals surface area contributed by atoms with Crippen LogP contribution in [0.4, 0.5) is 0 Å². The highest BCUT2D eigenvalue weighted by Crippen LogP contribution is 2.40. The van der Waals surface area contributed by atoms with Gasteiger partial charge in [-0.2, -0.15) is 27.9 Å². The molecule has 21 aromatic rings. The van der Waals surface area contributed by atoms with Crippen molar-refractivity contribution in [3.8, 4) is 61.9 Å². The SMILES string of the molecule is C[n+]1c2n(c3nc4ccncn4c31)Cc1ccccc1-2.[2H]C([2H])([2H])[n+]1c2n(c3nc4ccncn4c31)Cc1ccccc1-2.c1ccc(-n2c3[n+](c4nc5ccncn5c42)Cc2ccccc2-3)cc1.c1ccc2c(c1)C[n+]1c-2oc2c1nc1ccncn12.c1ccc2c(c1)C[n+]1c-2sc2c3cnccn3cc21. The highest BCUT2D eigenvalue weighted by molar-refractivity contribution is 7.22. The maximum atomic E-state index is 8.02. The third kappa shape index (κ3) is 8.36. The van der Waals surface area contributed by atoms with Crippen molar-refractivity contribution in [2.24, 2.45) is 14.0 Å². The Hall–Kier alpha value is -13.7. The number of hydrogen-bond acceptors (Lipinski definition) is 11. The minimum atomic E-state index is -2.30. The number of benzene rings is 6. The maximum absolute atomic E-state index is 8.02. The second-order valence-electron chi connectivity index (χ2n) is 26.0. The van der Waals surface area contributed by atoms with Crippen LogP contribution in [0.15, 0.2) is 255 Å². The van der Waals surface area contributed by atoms with Gasteiger partial charge in [-0.05, 0) is 47.4 Å². The number of nitrogens with zero attached hydrogens (tertiary/aromatic N) is 22. The first kappa shape index (κ1) is 54.2. The van der Waals surface area contributed by atoms with Crippen LogP contribution in [0.5, 0.6) is 0 Å². The molecule has 20 heterocycles. The summed E-state index contributed by atoms with van der Waals surface area (Å²) in [7, 11) is 2.09. The maximum Gasteiger partial charge on any atom is 0.390 e. The van der Waals surface area contributed by atoms with Crippen LogP contribution in [-0.2, 0) is 46.7 Å². The minimum absolute atomic E-state index is 0.553. The molecule has 490 valence electrons. The van der Waals surface area contributed by atoms with E-state index in [1.807, 2.05) is 111 Å². The number of imidazole rings is 7. The molecule has 0 radical (unpaired) electrons. The molecule has 6 aromatic carbocycles. The molecule has 5 aliphatic heterocycles. The Kier molecular flexibility index (Phi) is 11.5. The van der Waals surface area contributed by atoms with Gasteiger partial charge in [-0.3, -0.25) is 4.98 Å². The molecule has 0 amide bonds. The van der Waals surface area contributed by atoms with Crippen LogP contribution in [0.3, 0.4) is 0 Å². The highest BCUT2D eigenvalue weighted by Gasteiger charge is 2.40. The van der Waals surface area contributed by atoms with Crippen molar-refractivity contribution >= 4 is 94.9 Å². The van der Waals surface area contributed by atoms with Gasteiger partial charge in [-0.15, -0.1) is 0 Å². The molecule has 0 aliphatic carbocycles. The summed E-state index contributed by atoms with van der Waals surface area (Å²) in [5, 5.41) is 1.37. The Labute approximate surface area is 591 Å². The van der Waals surface area contributed by atoms with Crippen molar-refractivity contribution in [1.82, 2.24) is 80.6 Å². The molecule has 0 spiro atoms. The number of oxazole rings is 1. The monoisotopic (exact) mass is 1360 g/mol. The lowest BCUT2D eigenvalue weighted by atomic mass is 10.1. The third-order valence-corrected chi connectivity index (χ3v) is 21.7. The van der Waals surface area contributed by atoms with Gasteiger partial charge in [-0.25, -0.2) is 56.1 Å². The Morgan fingerprint density at radius 2 is 0.961 bits per heavy atom. The molecule has 0 unspecified atom stereocenters. The second kappa shape index (κ2) is 21.9. The molecule has 0 saturated heterocycles. The van der Waals surface area contributed by atoms with Gasteiger partial charge in [0.25, 0.3) is 44.8 Å². The van der Waals surface area contributed by atoms with Crippen LogP contribution in [0.25, 0.3) is 145 Å². The fourth-order valence-corrected chi connectivity index (χ4v) is 17.2. The lowest BCUT2D eigenvalue weighted by Crippen LogP contribution is -2.31. The van der Waals surface area contributed by atoms with Crippen LogP contribution in [0, 0.1) is 0 Å². The van der Waals surface area contributed by atoms with E-state index < -0.39 is 6.98 Å². The van der Waals surface area contributed by atoms with Gasteiger partial charge in [0.2, 0.25) is 39.9 Å². The summed E-state index contributed by atoms with van der Waals surface area (Å²) in [6.45, 7) is 1.86. The van der Waals surface area contributed by atoms with E-state index in [0.29, 0.717) is 29.3 Å². The first-order valence-corrected chi connectivity index (χ1v) is 34.6. The zero-order valence-electron chi connectivity index (χ0n) is 57.9. The highest BCUT2D eigenvalue weighted by atomic mass is 32.1. The van der Waals surface area contributed by atoms with Crippen molar-refractivity contribution in [2.45, 2.75) is 32.7 Å². The van der Waals surface area contributed by atoms with Crippen LogP contribution >= 0.6 is 11.3 Å². The quantitative estimate of drug-likeness (QED) is 0.143. The Bertz CT molecular complexity index is 7080. The van der Waals surface area contributed by atoms with E-state index in [0.717, 1.165) is 105 Å². The zero-order valence-corrected chi connectivity index (χ0v) is 55.7. The second-order valence-corrected chi connectivity index (χ2v) is 27.0. The molecule has 0 atom stereocenters. The largest absolute Gasteiger partial charge is 0.396 e. The lowest BCUT2D eigenvalue weighted by Gasteiger charge is -2.04. The van der Waals surface area contributed by atoms with Crippen molar-refractivity contribution < 1.29 is 31.4 Å². The Morgan fingerprint density at radius 3 is 1.62 bits per heavy atom. The van der Waals surface area contributed by atoms with Gasteiger partial charge in [-0.1, -0.05) is 126 Å². The van der Waals surface area contributed by atoms with E-state index in [9.17, 15) is 0 Å². The molecule has 103 heavy (non-hydrogen) atoms. The molecular weight excluding hydrogens is 1310 g/mol. The summed E-state index contributed by atoms with van der Waals surface area (Å²) < 4.78 is 58.3. The Morgan fingerprint density at radius 1 is 0.456 bits per heavy atom. The normalized spacial score (nSPS) is 13.5. The van der Waals surface area contributed by atoms with E-state index in [-0.39, 0.29) is 0 Å². The topological polar surface area (TPSA) is 185 Å². The summed E-state index contributed by atoms with van der Waals surface area (Å²) in [6, 6.07) is 60.0. The number of fused-ring (bicyclic) bond motifs is 35. The third-order valence-electron chi connectivity index (χ3n) is 20.4. The first-order valence-electron chi connectivity index (χ1n) is 35.3. The van der Waals surface area contributed by atoms with Crippen LogP contribution in [0.2, 0.25) is 0 Å². The van der Waals surface area contributed by atoms with E-state index in [2.05, 4.69) is 200 Å². The average Bonchev–Trinajstić information content (AvgIpc) is 1.55.